The molecule has 1 unspecified atom stereocenters. The summed E-state index contributed by atoms with van der Waals surface area (Å²) in [6.07, 6.45) is 4.37. The van der Waals surface area contributed by atoms with E-state index in [1.807, 2.05) is 34.9 Å². The molecule has 1 atom stereocenters. The number of piperidine rings is 1. The zero-order valence-electron chi connectivity index (χ0n) is 15.0. The van der Waals surface area contributed by atoms with Gasteiger partial charge in [-0.3, -0.25) is 9.36 Å². The van der Waals surface area contributed by atoms with Crippen LogP contribution in [0, 0.1) is 11.7 Å². The Kier molecular flexibility index (Phi) is 4.96. The number of aromatic nitrogens is 3. The van der Waals surface area contributed by atoms with Gasteiger partial charge in [-0.25, -0.2) is 4.39 Å². The molecule has 1 aliphatic rings. The third-order valence-corrected chi connectivity index (χ3v) is 5.03. The summed E-state index contributed by atoms with van der Waals surface area (Å²) >= 11 is 0. The van der Waals surface area contributed by atoms with E-state index >= 15 is 0 Å². The second-order valence-electron chi connectivity index (χ2n) is 6.90. The number of halogens is 1. The molecule has 1 saturated heterocycles. The molecular formula is C21H21FN4O. The van der Waals surface area contributed by atoms with E-state index < -0.39 is 5.82 Å². The van der Waals surface area contributed by atoms with Crippen molar-refractivity contribution in [3.8, 4) is 5.69 Å². The van der Waals surface area contributed by atoms with Gasteiger partial charge in [0.05, 0.1) is 5.56 Å². The summed E-state index contributed by atoms with van der Waals surface area (Å²) in [6.45, 7) is 1.27. The molecule has 2 heterocycles. The molecule has 0 saturated carbocycles. The van der Waals surface area contributed by atoms with Gasteiger partial charge >= 0.3 is 0 Å². The summed E-state index contributed by atoms with van der Waals surface area (Å²) in [5.41, 5.74) is 1.17. The van der Waals surface area contributed by atoms with Crippen LogP contribution in [0.15, 0.2) is 60.9 Å². The number of para-hydroxylation sites is 1. The fraction of sp³-hybridized carbons (Fsp3) is 0.286. The van der Waals surface area contributed by atoms with Crippen molar-refractivity contribution < 1.29 is 9.18 Å². The number of hydrogen-bond acceptors (Lipinski definition) is 3. The van der Waals surface area contributed by atoms with Crippen molar-refractivity contribution in [2.45, 2.75) is 19.3 Å². The topological polar surface area (TPSA) is 51.0 Å². The normalized spacial score (nSPS) is 17.1. The molecular weight excluding hydrogens is 343 g/mol. The van der Waals surface area contributed by atoms with E-state index in [1.54, 1.807) is 29.4 Å². The Labute approximate surface area is 157 Å². The first-order valence-electron chi connectivity index (χ1n) is 9.20. The number of carbonyl (C=O) groups excluding carboxylic acids is 1. The number of likely N-dealkylation sites (tertiary alicyclic amines) is 1. The van der Waals surface area contributed by atoms with Crippen LogP contribution < -0.4 is 0 Å². The molecule has 1 aromatic heterocycles. The predicted molar refractivity (Wildman–Crippen MR) is 100 cm³/mol. The summed E-state index contributed by atoms with van der Waals surface area (Å²) < 4.78 is 16.0. The minimum atomic E-state index is -0.464. The van der Waals surface area contributed by atoms with Gasteiger partial charge in [-0.05, 0) is 43.0 Å². The molecule has 0 spiro atoms. The highest BCUT2D eigenvalue weighted by atomic mass is 19.1. The highest BCUT2D eigenvalue weighted by Crippen LogP contribution is 2.23. The largest absolute Gasteiger partial charge is 0.338 e. The Balaban J connectivity index is 1.48. The fourth-order valence-electron chi connectivity index (χ4n) is 3.68. The van der Waals surface area contributed by atoms with Gasteiger partial charge in [-0.15, -0.1) is 10.2 Å². The van der Waals surface area contributed by atoms with Crippen LogP contribution in [0.3, 0.4) is 0 Å². The van der Waals surface area contributed by atoms with Crippen molar-refractivity contribution in [3.05, 3.63) is 78.1 Å². The molecule has 2 aromatic carbocycles. The monoisotopic (exact) mass is 364 g/mol. The van der Waals surface area contributed by atoms with Crippen LogP contribution in [-0.4, -0.2) is 38.7 Å². The van der Waals surface area contributed by atoms with Crippen LogP contribution >= 0.6 is 0 Å². The molecule has 0 N–H and O–H groups in total. The van der Waals surface area contributed by atoms with E-state index in [1.165, 1.54) is 6.07 Å². The van der Waals surface area contributed by atoms with E-state index in [2.05, 4.69) is 10.2 Å². The van der Waals surface area contributed by atoms with Gasteiger partial charge in [-0.2, -0.15) is 0 Å². The third kappa shape index (κ3) is 3.74. The van der Waals surface area contributed by atoms with Gasteiger partial charge in [0.25, 0.3) is 5.91 Å². The van der Waals surface area contributed by atoms with Crippen molar-refractivity contribution in [3.63, 3.8) is 0 Å². The Morgan fingerprint density at radius 3 is 2.70 bits per heavy atom. The quantitative estimate of drug-likeness (QED) is 0.712. The standard InChI is InChI=1S/C21H21FN4O/c22-19-11-5-4-10-18(19)21(27)25-12-6-7-16(14-25)13-20-24-23-15-26(20)17-8-2-1-3-9-17/h1-5,8-11,15-16H,6-7,12-14H2. The van der Waals surface area contributed by atoms with Gasteiger partial charge in [0.2, 0.25) is 0 Å². The molecule has 6 heteroatoms. The molecule has 1 fully saturated rings. The van der Waals surface area contributed by atoms with Crippen molar-refractivity contribution >= 4 is 5.91 Å². The molecule has 0 aliphatic carbocycles. The first-order valence-corrected chi connectivity index (χ1v) is 9.20. The van der Waals surface area contributed by atoms with Gasteiger partial charge < -0.3 is 4.90 Å². The van der Waals surface area contributed by atoms with Gasteiger partial charge in [0.15, 0.2) is 0 Å². The van der Waals surface area contributed by atoms with Crippen LogP contribution in [0.4, 0.5) is 4.39 Å². The molecule has 0 radical (unpaired) electrons. The van der Waals surface area contributed by atoms with Gasteiger partial charge in [-0.1, -0.05) is 30.3 Å². The third-order valence-electron chi connectivity index (χ3n) is 5.03. The molecule has 3 aromatic rings. The molecule has 4 rings (SSSR count). The van der Waals surface area contributed by atoms with Crippen molar-refractivity contribution in [2.24, 2.45) is 5.92 Å². The molecule has 27 heavy (non-hydrogen) atoms. The highest BCUT2D eigenvalue weighted by Gasteiger charge is 2.27. The summed E-state index contributed by atoms with van der Waals surface area (Å²) in [4.78, 5) is 14.5. The van der Waals surface area contributed by atoms with Gasteiger partial charge in [0, 0.05) is 25.2 Å². The Hall–Kier alpha value is -3.02. The minimum absolute atomic E-state index is 0.144. The molecule has 5 nitrogen and oxygen atoms in total. The maximum Gasteiger partial charge on any atom is 0.256 e. The number of benzene rings is 2. The van der Waals surface area contributed by atoms with Crippen LogP contribution in [0.5, 0.6) is 0 Å². The molecule has 138 valence electrons. The maximum absolute atomic E-state index is 14.0. The van der Waals surface area contributed by atoms with Crippen molar-refractivity contribution in [2.75, 3.05) is 13.1 Å². The van der Waals surface area contributed by atoms with E-state index in [0.717, 1.165) is 30.8 Å². The van der Waals surface area contributed by atoms with Crippen molar-refractivity contribution in [1.29, 1.82) is 0 Å². The Morgan fingerprint density at radius 1 is 1.11 bits per heavy atom. The number of hydrogen-bond donors (Lipinski definition) is 0. The second-order valence-corrected chi connectivity index (χ2v) is 6.90. The smallest absolute Gasteiger partial charge is 0.256 e. The lowest BCUT2D eigenvalue weighted by atomic mass is 9.94. The van der Waals surface area contributed by atoms with Gasteiger partial charge in [0.1, 0.15) is 18.0 Å². The maximum atomic E-state index is 14.0. The lowest BCUT2D eigenvalue weighted by molar-refractivity contribution is 0.0667. The number of carbonyl (C=O) groups is 1. The van der Waals surface area contributed by atoms with Crippen LogP contribution in [0.25, 0.3) is 5.69 Å². The predicted octanol–water partition coefficient (Wildman–Crippen LogP) is 3.50. The van der Waals surface area contributed by atoms with Crippen LogP contribution in [-0.2, 0) is 6.42 Å². The number of nitrogens with zero attached hydrogens (tertiary/aromatic N) is 4. The van der Waals surface area contributed by atoms with E-state index in [4.69, 9.17) is 0 Å². The van der Waals surface area contributed by atoms with E-state index in [0.29, 0.717) is 13.1 Å². The summed E-state index contributed by atoms with van der Waals surface area (Å²) in [5.74, 6) is 0.461. The lowest BCUT2D eigenvalue weighted by Crippen LogP contribution is -2.41. The second kappa shape index (κ2) is 7.70. The zero-order chi connectivity index (χ0) is 18.6. The highest BCUT2D eigenvalue weighted by molar-refractivity contribution is 5.94. The van der Waals surface area contributed by atoms with E-state index in [9.17, 15) is 9.18 Å². The fourth-order valence-corrected chi connectivity index (χ4v) is 3.68. The van der Waals surface area contributed by atoms with Crippen LogP contribution in [0.2, 0.25) is 0 Å². The van der Waals surface area contributed by atoms with Crippen LogP contribution in [0.1, 0.15) is 29.0 Å². The first kappa shape index (κ1) is 17.4. The Morgan fingerprint density at radius 2 is 1.89 bits per heavy atom. The molecule has 0 bridgehead atoms. The number of amides is 1. The average Bonchev–Trinajstić information content (AvgIpc) is 3.17. The SMILES string of the molecule is O=C(c1ccccc1F)N1CCCC(Cc2nncn2-c2ccccc2)C1. The minimum Gasteiger partial charge on any atom is -0.338 e. The first-order chi connectivity index (χ1) is 13.2. The summed E-state index contributed by atoms with van der Waals surface area (Å²) in [7, 11) is 0. The summed E-state index contributed by atoms with van der Waals surface area (Å²) in [5, 5.41) is 8.34. The zero-order valence-corrected chi connectivity index (χ0v) is 15.0. The number of rotatable bonds is 4. The molecule has 1 amide bonds. The average molecular weight is 364 g/mol. The van der Waals surface area contributed by atoms with E-state index in [-0.39, 0.29) is 17.4 Å². The lowest BCUT2D eigenvalue weighted by Gasteiger charge is -2.32. The Bertz CT molecular complexity index is 925. The summed E-state index contributed by atoms with van der Waals surface area (Å²) in [6, 6.07) is 16.1. The van der Waals surface area contributed by atoms with Crippen molar-refractivity contribution in [1.82, 2.24) is 19.7 Å². The molecule has 1 aliphatic heterocycles.